The van der Waals surface area contributed by atoms with Gasteiger partial charge >= 0.3 is 5.63 Å². The molecule has 0 spiro atoms. The van der Waals surface area contributed by atoms with E-state index in [9.17, 15) is 9.59 Å². The summed E-state index contributed by atoms with van der Waals surface area (Å²) in [5.74, 6) is 0.192. The molecule has 27 heavy (non-hydrogen) atoms. The lowest BCUT2D eigenvalue weighted by Crippen LogP contribution is -2.54. The number of oxime groups is 1. The summed E-state index contributed by atoms with van der Waals surface area (Å²) in [6.07, 6.45) is 2.43. The fourth-order valence-electron chi connectivity index (χ4n) is 2.44. The van der Waals surface area contributed by atoms with Crippen LogP contribution < -0.4 is 21.4 Å². The van der Waals surface area contributed by atoms with Gasteiger partial charge in [0.05, 0.1) is 18.4 Å². The van der Waals surface area contributed by atoms with Crippen LogP contribution in [-0.2, 0) is 4.79 Å². The number of nitrogens with two attached hydrogens (primary N) is 1. The van der Waals surface area contributed by atoms with Gasteiger partial charge in [0.2, 0.25) is 0 Å². The van der Waals surface area contributed by atoms with E-state index >= 15 is 0 Å². The maximum atomic E-state index is 12.8. The lowest BCUT2D eigenvalue weighted by molar-refractivity contribution is -0.126. The highest BCUT2D eigenvalue weighted by molar-refractivity contribution is 8.16. The highest BCUT2D eigenvalue weighted by Gasteiger charge is 2.40. The van der Waals surface area contributed by atoms with Gasteiger partial charge < -0.3 is 19.7 Å². The van der Waals surface area contributed by atoms with Crippen LogP contribution in [-0.4, -0.2) is 33.3 Å². The topological polar surface area (TPSA) is 140 Å². The molecule has 0 saturated carbocycles. The summed E-state index contributed by atoms with van der Waals surface area (Å²) >= 11 is 1.23. The van der Waals surface area contributed by atoms with Gasteiger partial charge in [0, 0.05) is 11.8 Å². The number of nitrogens with zero attached hydrogens (tertiary/aromatic N) is 2. The first kappa shape index (κ1) is 20.7. The maximum absolute atomic E-state index is 12.8. The van der Waals surface area contributed by atoms with Crippen LogP contribution in [0.25, 0.3) is 0 Å². The van der Waals surface area contributed by atoms with Crippen LogP contribution in [0.1, 0.15) is 38.5 Å². The monoisotopic (exact) mass is 394 g/mol. The molecule has 0 aliphatic carbocycles. The van der Waals surface area contributed by atoms with Crippen molar-refractivity contribution in [1.82, 2.24) is 5.32 Å². The SMILES string of the molecule is C=COc1cc([C@@H](CCC)NC(=O)[C@]2(N)CSC(/C(C)=N\O)=N2)oc(=O)c1. The fourth-order valence-corrected chi connectivity index (χ4v) is 3.46. The van der Waals surface area contributed by atoms with Crippen LogP contribution in [0.5, 0.6) is 5.75 Å². The largest absolute Gasteiger partial charge is 0.465 e. The van der Waals surface area contributed by atoms with Gasteiger partial charge in [-0.2, -0.15) is 0 Å². The molecule has 10 heteroatoms. The zero-order valence-electron chi connectivity index (χ0n) is 15.1. The Morgan fingerprint density at radius 1 is 1.67 bits per heavy atom. The first-order valence-electron chi connectivity index (χ1n) is 8.27. The van der Waals surface area contributed by atoms with Crippen molar-refractivity contribution in [3.8, 4) is 5.75 Å². The molecule has 1 amide bonds. The molecule has 1 aliphatic heterocycles. The average molecular weight is 394 g/mol. The lowest BCUT2D eigenvalue weighted by atomic mass is 10.1. The minimum atomic E-state index is -1.51. The molecule has 0 fully saturated rings. The Morgan fingerprint density at radius 3 is 3.04 bits per heavy atom. The number of nitrogens with one attached hydrogen (secondary N) is 1. The van der Waals surface area contributed by atoms with Gasteiger partial charge in [-0.05, 0) is 13.3 Å². The van der Waals surface area contributed by atoms with E-state index in [1.54, 1.807) is 6.92 Å². The molecule has 0 unspecified atom stereocenters. The van der Waals surface area contributed by atoms with Crippen molar-refractivity contribution in [2.75, 3.05) is 5.75 Å². The molecule has 0 radical (unpaired) electrons. The van der Waals surface area contributed by atoms with E-state index in [0.717, 1.165) is 6.42 Å². The van der Waals surface area contributed by atoms with Gasteiger partial charge in [-0.1, -0.05) is 25.1 Å². The molecule has 1 aliphatic rings. The molecular formula is C17H22N4O5S. The van der Waals surface area contributed by atoms with E-state index in [4.69, 9.17) is 20.1 Å². The highest BCUT2D eigenvalue weighted by atomic mass is 32.2. The molecule has 0 aromatic carbocycles. The van der Waals surface area contributed by atoms with Gasteiger partial charge in [-0.25, -0.2) is 9.79 Å². The quantitative estimate of drug-likeness (QED) is 0.264. The van der Waals surface area contributed by atoms with E-state index in [1.807, 2.05) is 6.92 Å². The van der Waals surface area contributed by atoms with Crippen molar-refractivity contribution in [2.45, 2.75) is 38.4 Å². The second kappa shape index (κ2) is 8.87. The zero-order chi connectivity index (χ0) is 20.0. The average Bonchev–Trinajstić information content (AvgIpc) is 3.04. The number of carbonyl (C=O) groups is 1. The van der Waals surface area contributed by atoms with Crippen LogP contribution in [0.4, 0.5) is 0 Å². The van der Waals surface area contributed by atoms with Crippen molar-refractivity contribution in [2.24, 2.45) is 15.9 Å². The molecule has 4 N–H and O–H groups in total. The standard InChI is InChI=1S/C17H22N4O5S/c1-4-6-12(13-7-11(25-5-2)8-14(22)26-13)19-16(23)17(18)9-27-15(20-17)10(3)21-24/h5,7-8,12,24H,2,4,6,9,18H2,1,3H3,(H,19,23)/b21-10-/t12-,17+/m1/s1. The molecule has 0 bridgehead atoms. The molecule has 1 aromatic rings. The van der Waals surface area contributed by atoms with Gasteiger partial charge in [-0.3, -0.25) is 10.5 Å². The summed E-state index contributed by atoms with van der Waals surface area (Å²) in [5, 5.41) is 15.1. The number of aliphatic imine (C=N–C) groups is 1. The second-order valence-electron chi connectivity index (χ2n) is 5.93. The molecule has 1 aromatic heterocycles. The van der Waals surface area contributed by atoms with Gasteiger partial charge in [0.1, 0.15) is 22.3 Å². The summed E-state index contributed by atoms with van der Waals surface area (Å²) in [6, 6.07) is 2.12. The number of hydrogen-bond acceptors (Lipinski definition) is 9. The van der Waals surface area contributed by atoms with Crippen LogP contribution in [0.2, 0.25) is 0 Å². The molecule has 2 heterocycles. The maximum Gasteiger partial charge on any atom is 0.339 e. The Balaban J connectivity index is 2.26. The first-order chi connectivity index (χ1) is 12.8. The smallest absolute Gasteiger partial charge is 0.339 e. The summed E-state index contributed by atoms with van der Waals surface area (Å²) in [6.45, 7) is 6.95. The third-order valence-electron chi connectivity index (χ3n) is 3.79. The number of amides is 1. The van der Waals surface area contributed by atoms with Crippen LogP contribution in [0.15, 0.2) is 44.3 Å². The van der Waals surface area contributed by atoms with Crippen LogP contribution in [0.3, 0.4) is 0 Å². The van der Waals surface area contributed by atoms with Crippen molar-refractivity contribution in [3.05, 3.63) is 41.2 Å². The molecule has 0 saturated heterocycles. The van der Waals surface area contributed by atoms with Crippen LogP contribution >= 0.6 is 11.8 Å². The van der Waals surface area contributed by atoms with Gasteiger partial charge in [-0.15, -0.1) is 11.8 Å². The minimum Gasteiger partial charge on any atom is -0.465 e. The van der Waals surface area contributed by atoms with Crippen molar-refractivity contribution < 1.29 is 19.2 Å². The summed E-state index contributed by atoms with van der Waals surface area (Å²) < 4.78 is 10.4. The third-order valence-corrected chi connectivity index (χ3v) is 5.04. The minimum absolute atomic E-state index is 0.198. The normalized spacial score (nSPS) is 20.7. The lowest BCUT2D eigenvalue weighted by Gasteiger charge is -2.23. The van der Waals surface area contributed by atoms with Gasteiger partial charge in [0.15, 0.2) is 5.66 Å². The molecule has 146 valence electrons. The fraction of sp³-hybridized carbons (Fsp3) is 0.412. The number of rotatable bonds is 8. The van der Waals surface area contributed by atoms with Crippen molar-refractivity contribution in [1.29, 1.82) is 0 Å². The van der Waals surface area contributed by atoms with Gasteiger partial charge in [0.25, 0.3) is 5.91 Å². The van der Waals surface area contributed by atoms with E-state index in [1.165, 1.54) is 30.2 Å². The van der Waals surface area contributed by atoms with Crippen LogP contribution in [0, 0.1) is 0 Å². The van der Waals surface area contributed by atoms with E-state index < -0.39 is 23.2 Å². The number of ether oxygens (including phenoxy) is 1. The van der Waals surface area contributed by atoms with E-state index in [0.29, 0.717) is 11.5 Å². The Morgan fingerprint density at radius 2 is 2.41 bits per heavy atom. The molecule has 2 atom stereocenters. The number of hydrogen-bond donors (Lipinski definition) is 3. The van der Waals surface area contributed by atoms with Crippen molar-refractivity contribution in [3.63, 3.8) is 0 Å². The Bertz CT molecular complexity index is 835. The van der Waals surface area contributed by atoms with E-state index in [2.05, 4.69) is 22.0 Å². The first-order valence-corrected chi connectivity index (χ1v) is 9.25. The highest BCUT2D eigenvalue weighted by Crippen LogP contribution is 2.27. The second-order valence-corrected chi connectivity index (χ2v) is 6.89. The zero-order valence-corrected chi connectivity index (χ0v) is 15.9. The Hall–Kier alpha value is -2.59. The number of thioether (sulfide) groups is 1. The summed E-state index contributed by atoms with van der Waals surface area (Å²) in [5.41, 5.74) is 4.30. The Kier molecular flexibility index (Phi) is 6.81. The predicted octanol–water partition coefficient (Wildman–Crippen LogP) is 1.77. The summed E-state index contributed by atoms with van der Waals surface area (Å²) in [4.78, 5) is 28.7. The third kappa shape index (κ3) is 4.98. The van der Waals surface area contributed by atoms with Crippen molar-refractivity contribution >= 4 is 28.4 Å². The van der Waals surface area contributed by atoms with E-state index in [-0.39, 0.29) is 23.0 Å². The predicted molar refractivity (Wildman–Crippen MR) is 103 cm³/mol. The molecule has 9 nitrogen and oxygen atoms in total. The molecular weight excluding hydrogens is 372 g/mol. The molecule has 2 rings (SSSR count). The Labute approximate surface area is 160 Å². The number of carbonyl (C=O) groups excluding carboxylic acids is 1. The summed E-state index contributed by atoms with van der Waals surface area (Å²) in [7, 11) is 0.